The molecule has 1 atom stereocenters. The Morgan fingerprint density at radius 2 is 1.79 bits per heavy atom. The molecule has 0 radical (unpaired) electrons. The van der Waals surface area contributed by atoms with Crippen LogP contribution in [0.15, 0.2) is 42.5 Å². The van der Waals surface area contributed by atoms with Crippen LogP contribution in [0, 0.1) is 0 Å². The molecule has 1 heterocycles. The van der Waals surface area contributed by atoms with Crippen LogP contribution in [0.1, 0.15) is 12.5 Å². The summed E-state index contributed by atoms with van der Waals surface area (Å²) >= 11 is 0. The van der Waals surface area contributed by atoms with Gasteiger partial charge in [-0.2, -0.15) is 0 Å². The highest BCUT2D eigenvalue weighted by Gasteiger charge is 2.41. The Hall–Kier alpha value is -1.34. The zero-order valence-electron chi connectivity index (χ0n) is 8.16. The maximum absolute atomic E-state index is 5.49. The monoisotopic (exact) mass is 184 g/mol. The summed E-state index contributed by atoms with van der Waals surface area (Å²) in [6.07, 6.45) is 0. The van der Waals surface area contributed by atoms with Crippen LogP contribution in [0.5, 0.6) is 0 Å². The molecule has 1 saturated heterocycles. The van der Waals surface area contributed by atoms with Gasteiger partial charge in [-0.25, -0.2) is 0 Å². The first kappa shape index (κ1) is 8.01. The summed E-state index contributed by atoms with van der Waals surface area (Å²) in [5.74, 6) is 0. The summed E-state index contributed by atoms with van der Waals surface area (Å²) < 4.78 is 5.49. The number of ether oxygens (including phenoxy) is 1. The Bertz CT molecular complexity index is 478. The van der Waals surface area contributed by atoms with Crippen molar-refractivity contribution < 1.29 is 4.74 Å². The predicted octanol–water partition coefficient (Wildman–Crippen LogP) is 3.09. The average Bonchev–Trinajstić information content (AvgIpc) is 2.97. The standard InChI is InChI=1S/C13H12O/c1-13(9-14-13)12-8-4-6-10-5-2-3-7-11(10)12/h2-8H,9H2,1H3. The molecule has 0 aromatic heterocycles. The Morgan fingerprint density at radius 3 is 2.57 bits per heavy atom. The van der Waals surface area contributed by atoms with Gasteiger partial charge in [0, 0.05) is 0 Å². The first-order valence-corrected chi connectivity index (χ1v) is 4.92. The van der Waals surface area contributed by atoms with E-state index < -0.39 is 0 Å². The molecule has 1 unspecified atom stereocenters. The molecule has 0 aliphatic carbocycles. The fourth-order valence-corrected chi connectivity index (χ4v) is 1.95. The minimum absolute atomic E-state index is 0.0269. The maximum Gasteiger partial charge on any atom is 0.114 e. The van der Waals surface area contributed by atoms with Crippen molar-refractivity contribution in [3.8, 4) is 0 Å². The van der Waals surface area contributed by atoms with E-state index in [0.717, 1.165) is 6.61 Å². The molecule has 2 aromatic carbocycles. The highest BCUT2D eigenvalue weighted by Crippen LogP contribution is 2.41. The molecule has 70 valence electrons. The first-order chi connectivity index (χ1) is 6.80. The third-order valence-corrected chi connectivity index (χ3v) is 2.94. The van der Waals surface area contributed by atoms with Crippen LogP contribution in [0.3, 0.4) is 0 Å². The van der Waals surface area contributed by atoms with Gasteiger partial charge in [-0.05, 0) is 23.3 Å². The normalized spacial score (nSPS) is 25.2. The van der Waals surface area contributed by atoms with E-state index in [1.165, 1.54) is 16.3 Å². The maximum atomic E-state index is 5.49. The zero-order valence-corrected chi connectivity index (χ0v) is 8.16. The highest BCUT2D eigenvalue weighted by molar-refractivity contribution is 5.86. The van der Waals surface area contributed by atoms with Crippen LogP contribution >= 0.6 is 0 Å². The molecular formula is C13H12O. The van der Waals surface area contributed by atoms with Gasteiger partial charge in [0.05, 0.1) is 6.61 Å². The predicted molar refractivity (Wildman–Crippen MR) is 57.3 cm³/mol. The largest absolute Gasteiger partial charge is 0.365 e. The van der Waals surface area contributed by atoms with Gasteiger partial charge in [-0.15, -0.1) is 0 Å². The van der Waals surface area contributed by atoms with Gasteiger partial charge in [-0.3, -0.25) is 0 Å². The zero-order chi connectivity index (χ0) is 9.60. The Labute approximate surface area is 83.3 Å². The lowest BCUT2D eigenvalue weighted by atomic mass is 9.95. The van der Waals surface area contributed by atoms with Gasteiger partial charge in [0.1, 0.15) is 5.60 Å². The molecule has 2 aromatic rings. The van der Waals surface area contributed by atoms with Gasteiger partial charge in [0.25, 0.3) is 0 Å². The van der Waals surface area contributed by atoms with Crippen molar-refractivity contribution in [1.82, 2.24) is 0 Å². The number of epoxide rings is 1. The lowest BCUT2D eigenvalue weighted by molar-refractivity contribution is 0.331. The average molecular weight is 184 g/mol. The van der Waals surface area contributed by atoms with Crippen molar-refractivity contribution in [1.29, 1.82) is 0 Å². The van der Waals surface area contributed by atoms with Crippen LogP contribution in [0.2, 0.25) is 0 Å². The third-order valence-electron chi connectivity index (χ3n) is 2.94. The van der Waals surface area contributed by atoms with E-state index >= 15 is 0 Å². The number of benzene rings is 2. The Morgan fingerprint density at radius 1 is 1.07 bits per heavy atom. The molecule has 1 aliphatic rings. The van der Waals surface area contributed by atoms with E-state index in [2.05, 4.69) is 49.4 Å². The van der Waals surface area contributed by atoms with E-state index in [0.29, 0.717) is 0 Å². The van der Waals surface area contributed by atoms with Crippen LogP contribution in [-0.2, 0) is 10.3 Å². The highest BCUT2D eigenvalue weighted by atomic mass is 16.6. The summed E-state index contributed by atoms with van der Waals surface area (Å²) in [5, 5.41) is 2.61. The number of hydrogen-bond donors (Lipinski definition) is 0. The molecule has 0 bridgehead atoms. The molecule has 0 saturated carbocycles. The van der Waals surface area contributed by atoms with Gasteiger partial charge in [0.15, 0.2) is 0 Å². The van der Waals surface area contributed by atoms with E-state index in [1.807, 2.05) is 0 Å². The van der Waals surface area contributed by atoms with E-state index in [4.69, 9.17) is 4.74 Å². The van der Waals surface area contributed by atoms with E-state index in [-0.39, 0.29) is 5.60 Å². The van der Waals surface area contributed by atoms with Crippen molar-refractivity contribution in [2.75, 3.05) is 6.61 Å². The van der Waals surface area contributed by atoms with Crippen molar-refractivity contribution in [2.24, 2.45) is 0 Å². The topological polar surface area (TPSA) is 12.5 Å². The Balaban J connectivity index is 2.33. The minimum Gasteiger partial charge on any atom is -0.365 e. The summed E-state index contributed by atoms with van der Waals surface area (Å²) in [4.78, 5) is 0. The lowest BCUT2D eigenvalue weighted by Crippen LogP contribution is -2.02. The first-order valence-electron chi connectivity index (χ1n) is 4.92. The summed E-state index contributed by atoms with van der Waals surface area (Å²) in [7, 11) is 0. The fraction of sp³-hybridized carbons (Fsp3) is 0.231. The molecule has 14 heavy (non-hydrogen) atoms. The van der Waals surface area contributed by atoms with Crippen LogP contribution in [-0.4, -0.2) is 6.61 Å². The smallest absolute Gasteiger partial charge is 0.114 e. The van der Waals surface area contributed by atoms with E-state index in [1.54, 1.807) is 0 Å². The molecule has 0 N–H and O–H groups in total. The molecule has 3 rings (SSSR count). The van der Waals surface area contributed by atoms with Gasteiger partial charge in [0.2, 0.25) is 0 Å². The minimum atomic E-state index is -0.0269. The van der Waals surface area contributed by atoms with Crippen molar-refractivity contribution in [3.63, 3.8) is 0 Å². The number of fused-ring (bicyclic) bond motifs is 1. The second kappa shape index (κ2) is 2.58. The third kappa shape index (κ3) is 1.06. The Kier molecular flexibility index (Phi) is 1.48. The molecule has 1 heteroatoms. The van der Waals surface area contributed by atoms with Crippen molar-refractivity contribution in [2.45, 2.75) is 12.5 Å². The summed E-state index contributed by atoms with van der Waals surface area (Å²) in [6, 6.07) is 14.9. The van der Waals surface area contributed by atoms with Crippen molar-refractivity contribution in [3.05, 3.63) is 48.0 Å². The fourth-order valence-electron chi connectivity index (χ4n) is 1.95. The van der Waals surface area contributed by atoms with Crippen LogP contribution in [0.25, 0.3) is 10.8 Å². The molecule has 1 aliphatic heterocycles. The van der Waals surface area contributed by atoms with E-state index in [9.17, 15) is 0 Å². The van der Waals surface area contributed by atoms with Crippen LogP contribution in [0.4, 0.5) is 0 Å². The molecular weight excluding hydrogens is 172 g/mol. The SMILES string of the molecule is CC1(c2cccc3ccccc23)CO1. The second-order valence-corrected chi connectivity index (χ2v) is 4.05. The van der Waals surface area contributed by atoms with Crippen LogP contribution < -0.4 is 0 Å². The van der Waals surface area contributed by atoms with Gasteiger partial charge < -0.3 is 4.74 Å². The molecule has 0 spiro atoms. The van der Waals surface area contributed by atoms with Gasteiger partial charge in [-0.1, -0.05) is 42.5 Å². The lowest BCUT2D eigenvalue weighted by Gasteiger charge is -2.09. The molecule has 1 nitrogen and oxygen atoms in total. The summed E-state index contributed by atoms with van der Waals surface area (Å²) in [6.45, 7) is 3.00. The number of rotatable bonds is 1. The van der Waals surface area contributed by atoms with Gasteiger partial charge >= 0.3 is 0 Å². The summed E-state index contributed by atoms with van der Waals surface area (Å²) in [5.41, 5.74) is 1.29. The quantitative estimate of drug-likeness (QED) is 0.620. The number of hydrogen-bond acceptors (Lipinski definition) is 1. The molecule has 0 amide bonds. The van der Waals surface area contributed by atoms with Crippen molar-refractivity contribution >= 4 is 10.8 Å². The molecule has 1 fully saturated rings. The second-order valence-electron chi connectivity index (χ2n) is 4.05.